The van der Waals surface area contributed by atoms with E-state index >= 15 is 0 Å². The fraction of sp³-hybridized carbons (Fsp3) is 0.565. The van der Waals surface area contributed by atoms with Crippen LogP contribution >= 0.6 is 0 Å². The minimum absolute atomic E-state index is 0.0485. The van der Waals surface area contributed by atoms with Crippen molar-refractivity contribution in [3.05, 3.63) is 57.5 Å². The van der Waals surface area contributed by atoms with Crippen LogP contribution in [0.15, 0.2) is 35.1 Å². The van der Waals surface area contributed by atoms with E-state index in [0.29, 0.717) is 11.8 Å². The number of aromatic nitrogens is 2. The number of piperidine rings is 1. The highest BCUT2D eigenvalue weighted by atomic mass is 16.5. The van der Waals surface area contributed by atoms with Gasteiger partial charge in [-0.15, -0.1) is 0 Å². The maximum Gasteiger partial charge on any atom is 0.266 e. The molecule has 0 bridgehead atoms. The first kappa shape index (κ1) is 17.9. The third-order valence-electron chi connectivity index (χ3n) is 6.49. The maximum atomic E-state index is 12.2. The first-order chi connectivity index (χ1) is 13.7. The summed E-state index contributed by atoms with van der Waals surface area (Å²) in [5, 5.41) is 4.63. The van der Waals surface area contributed by atoms with E-state index in [1.165, 1.54) is 24.0 Å². The lowest BCUT2D eigenvalue weighted by Crippen LogP contribution is -2.37. The summed E-state index contributed by atoms with van der Waals surface area (Å²) in [7, 11) is 0. The molecule has 0 amide bonds. The largest absolute Gasteiger partial charge is 0.493 e. The Morgan fingerprint density at radius 1 is 1.07 bits per heavy atom. The molecule has 1 saturated carbocycles. The quantitative estimate of drug-likeness (QED) is 0.774. The Morgan fingerprint density at radius 2 is 1.93 bits per heavy atom. The lowest BCUT2D eigenvalue weighted by molar-refractivity contribution is 0.171. The van der Waals surface area contributed by atoms with Crippen LogP contribution in [0.4, 0.5) is 0 Å². The van der Waals surface area contributed by atoms with E-state index in [1.807, 2.05) is 6.07 Å². The molecular weight excluding hydrogens is 350 g/mol. The first-order valence-corrected chi connectivity index (χ1v) is 10.8. The van der Waals surface area contributed by atoms with Gasteiger partial charge in [0.05, 0.1) is 12.3 Å². The van der Waals surface area contributed by atoms with Crippen molar-refractivity contribution in [2.45, 2.75) is 51.0 Å². The van der Waals surface area contributed by atoms with Crippen molar-refractivity contribution in [3.63, 3.8) is 0 Å². The van der Waals surface area contributed by atoms with Gasteiger partial charge < -0.3 is 9.64 Å². The molecule has 1 aromatic carbocycles. The normalized spacial score (nSPS) is 20.1. The number of rotatable bonds is 6. The summed E-state index contributed by atoms with van der Waals surface area (Å²) in [5.74, 6) is 2.23. The zero-order chi connectivity index (χ0) is 18.9. The minimum atomic E-state index is 0.0485. The number of fused-ring (bicyclic) bond motifs is 1. The number of likely N-dealkylation sites (tertiary alicyclic amines) is 1. The Balaban J connectivity index is 1.12. The van der Waals surface area contributed by atoms with Crippen LogP contribution in [0.1, 0.15) is 48.4 Å². The highest BCUT2D eigenvalue weighted by Gasteiger charge is 2.26. The van der Waals surface area contributed by atoms with Crippen LogP contribution in [0.25, 0.3) is 0 Å². The summed E-state index contributed by atoms with van der Waals surface area (Å²) in [6, 6.07) is 10.3. The molecule has 0 radical (unpaired) electrons. The number of benzene rings is 1. The number of ether oxygens (including phenoxy) is 1. The third-order valence-corrected chi connectivity index (χ3v) is 6.49. The fourth-order valence-electron chi connectivity index (χ4n) is 4.51. The van der Waals surface area contributed by atoms with Crippen LogP contribution in [-0.4, -0.2) is 40.9 Å². The smallest absolute Gasteiger partial charge is 0.266 e. The SMILES string of the molecule is O=c1ccc(C2CC2)nn1CC1CCN(CCc2ccc3c(c2)CCO3)CC1. The molecule has 148 valence electrons. The second-order valence-electron chi connectivity index (χ2n) is 8.63. The van der Waals surface area contributed by atoms with Crippen LogP contribution in [0.3, 0.4) is 0 Å². The molecule has 0 spiro atoms. The lowest BCUT2D eigenvalue weighted by Gasteiger charge is -2.32. The predicted octanol–water partition coefficient (Wildman–Crippen LogP) is 3.01. The zero-order valence-electron chi connectivity index (χ0n) is 16.5. The van der Waals surface area contributed by atoms with Gasteiger partial charge in [0.15, 0.2) is 0 Å². The Morgan fingerprint density at radius 3 is 2.75 bits per heavy atom. The van der Waals surface area contributed by atoms with E-state index in [2.05, 4.69) is 28.2 Å². The summed E-state index contributed by atoms with van der Waals surface area (Å²) in [4.78, 5) is 14.7. The van der Waals surface area contributed by atoms with Gasteiger partial charge in [-0.25, -0.2) is 4.68 Å². The monoisotopic (exact) mass is 379 g/mol. The summed E-state index contributed by atoms with van der Waals surface area (Å²) in [5.41, 5.74) is 3.94. The highest BCUT2D eigenvalue weighted by molar-refractivity contribution is 5.39. The van der Waals surface area contributed by atoms with E-state index in [9.17, 15) is 4.79 Å². The van der Waals surface area contributed by atoms with Gasteiger partial charge in [-0.3, -0.25) is 4.79 Å². The molecule has 2 aliphatic heterocycles. The zero-order valence-corrected chi connectivity index (χ0v) is 16.5. The van der Waals surface area contributed by atoms with E-state index in [-0.39, 0.29) is 5.56 Å². The molecule has 1 saturated heterocycles. The minimum Gasteiger partial charge on any atom is -0.493 e. The summed E-state index contributed by atoms with van der Waals surface area (Å²) in [6.45, 7) is 4.96. The third kappa shape index (κ3) is 4.00. The van der Waals surface area contributed by atoms with Gasteiger partial charge in [0.1, 0.15) is 5.75 Å². The average molecular weight is 380 g/mol. The van der Waals surface area contributed by atoms with Gasteiger partial charge in [-0.1, -0.05) is 12.1 Å². The van der Waals surface area contributed by atoms with Crippen molar-refractivity contribution < 1.29 is 4.74 Å². The van der Waals surface area contributed by atoms with Crippen molar-refractivity contribution >= 4 is 0 Å². The van der Waals surface area contributed by atoms with Crippen molar-refractivity contribution in [2.75, 3.05) is 26.2 Å². The van der Waals surface area contributed by atoms with E-state index in [0.717, 1.165) is 69.9 Å². The molecule has 3 heterocycles. The van der Waals surface area contributed by atoms with Crippen molar-refractivity contribution in [2.24, 2.45) is 5.92 Å². The van der Waals surface area contributed by atoms with Crippen LogP contribution in [0.5, 0.6) is 5.75 Å². The summed E-state index contributed by atoms with van der Waals surface area (Å²) < 4.78 is 7.32. The molecule has 5 heteroatoms. The molecule has 0 atom stereocenters. The van der Waals surface area contributed by atoms with E-state index < -0.39 is 0 Å². The Hall–Kier alpha value is -2.14. The van der Waals surface area contributed by atoms with Crippen molar-refractivity contribution in [3.8, 4) is 5.75 Å². The van der Waals surface area contributed by atoms with Crippen LogP contribution < -0.4 is 10.3 Å². The molecule has 0 unspecified atom stereocenters. The molecule has 2 aromatic rings. The number of hydrogen-bond acceptors (Lipinski definition) is 4. The van der Waals surface area contributed by atoms with Crippen molar-refractivity contribution in [1.82, 2.24) is 14.7 Å². The Bertz CT molecular complexity index is 895. The highest BCUT2D eigenvalue weighted by Crippen LogP contribution is 2.38. The van der Waals surface area contributed by atoms with Crippen LogP contribution in [0, 0.1) is 5.92 Å². The Kier molecular flexibility index (Phi) is 4.93. The van der Waals surface area contributed by atoms with Crippen LogP contribution in [0.2, 0.25) is 0 Å². The van der Waals surface area contributed by atoms with E-state index in [1.54, 1.807) is 10.7 Å². The molecule has 1 aromatic heterocycles. The lowest BCUT2D eigenvalue weighted by atomic mass is 9.96. The summed E-state index contributed by atoms with van der Waals surface area (Å²) in [6.07, 6.45) is 6.90. The van der Waals surface area contributed by atoms with Gasteiger partial charge in [-0.2, -0.15) is 5.10 Å². The molecule has 1 aliphatic carbocycles. The first-order valence-electron chi connectivity index (χ1n) is 10.8. The fourth-order valence-corrected chi connectivity index (χ4v) is 4.51. The number of hydrogen-bond donors (Lipinski definition) is 0. The summed E-state index contributed by atoms with van der Waals surface area (Å²) >= 11 is 0. The van der Waals surface area contributed by atoms with Gasteiger partial charge in [-0.05, 0) is 74.4 Å². The predicted molar refractivity (Wildman–Crippen MR) is 109 cm³/mol. The topological polar surface area (TPSA) is 47.4 Å². The molecular formula is C23H29N3O2. The van der Waals surface area contributed by atoms with E-state index in [4.69, 9.17) is 4.74 Å². The molecule has 5 nitrogen and oxygen atoms in total. The Labute approximate surface area is 166 Å². The van der Waals surface area contributed by atoms with Gasteiger partial charge in [0, 0.05) is 31.5 Å². The van der Waals surface area contributed by atoms with Gasteiger partial charge in [0.2, 0.25) is 0 Å². The second kappa shape index (κ2) is 7.70. The molecule has 2 fully saturated rings. The molecule has 5 rings (SSSR count). The second-order valence-corrected chi connectivity index (χ2v) is 8.63. The molecule has 28 heavy (non-hydrogen) atoms. The maximum absolute atomic E-state index is 12.2. The number of nitrogens with zero attached hydrogens (tertiary/aromatic N) is 3. The average Bonchev–Trinajstić information content (AvgIpc) is 3.46. The van der Waals surface area contributed by atoms with Crippen molar-refractivity contribution in [1.29, 1.82) is 0 Å². The standard InChI is InChI=1S/C23H29N3O2/c27-23-6-4-21(19-2-3-19)24-26(23)16-18-8-12-25(13-9-18)11-7-17-1-5-22-20(15-17)10-14-28-22/h1,4-6,15,18-19H,2-3,7-14,16H2. The van der Waals surface area contributed by atoms with Gasteiger partial charge in [0.25, 0.3) is 5.56 Å². The molecule has 0 N–H and O–H groups in total. The molecule has 3 aliphatic rings. The van der Waals surface area contributed by atoms with Crippen LogP contribution in [-0.2, 0) is 19.4 Å². The van der Waals surface area contributed by atoms with Gasteiger partial charge >= 0.3 is 0 Å².